The van der Waals surface area contributed by atoms with Crippen molar-refractivity contribution in [2.45, 2.75) is 52.0 Å². The van der Waals surface area contributed by atoms with Gasteiger partial charge in [0.2, 0.25) is 5.91 Å². The van der Waals surface area contributed by atoms with Gasteiger partial charge in [0.05, 0.1) is 10.5 Å². The molecule has 1 aliphatic heterocycles. The lowest BCUT2D eigenvalue weighted by atomic mass is 10.1. The van der Waals surface area contributed by atoms with E-state index in [1.54, 1.807) is 13.8 Å². The first kappa shape index (κ1) is 16.9. The molecule has 0 bridgehead atoms. The number of amides is 1. The second-order valence-electron chi connectivity index (χ2n) is 6.53. The Hall–Kier alpha value is -1.46. The molecule has 3 N–H and O–H groups in total. The second-order valence-corrected chi connectivity index (χ2v) is 7.00. The van der Waals surface area contributed by atoms with Gasteiger partial charge in [-0.3, -0.25) is 4.79 Å². The molecule has 0 unspecified atom stereocenters. The Morgan fingerprint density at radius 2 is 2.05 bits per heavy atom. The highest BCUT2D eigenvalue weighted by Gasteiger charge is 2.22. The molecule has 0 aliphatic carbocycles. The predicted octanol–water partition coefficient (Wildman–Crippen LogP) is 3.38. The molecule has 0 saturated carbocycles. The predicted molar refractivity (Wildman–Crippen MR) is 96.5 cm³/mol. The van der Waals surface area contributed by atoms with Gasteiger partial charge >= 0.3 is 0 Å². The van der Waals surface area contributed by atoms with Gasteiger partial charge < -0.3 is 16.0 Å². The fourth-order valence-electron chi connectivity index (χ4n) is 2.57. The van der Waals surface area contributed by atoms with Gasteiger partial charge in [-0.2, -0.15) is 0 Å². The van der Waals surface area contributed by atoms with Crippen molar-refractivity contribution in [1.29, 1.82) is 0 Å². The number of nitrogens with zero attached hydrogens (tertiary/aromatic N) is 1. The van der Waals surface area contributed by atoms with Gasteiger partial charge in [0.25, 0.3) is 0 Å². The van der Waals surface area contributed by atoms with Crippen molar-refractivity contribution >= 4 is 34.5 Å². The van der Waals surface area contributed by atoms with Gasteiger partial charge in [-0.05, 0) is 63.8 Å². The highest BCUT2D eigenvalue weighted by molar-refractivity contribution is 7.80. The van der Waals surface area contributed by atoms with Crippen LogP contribution in [0, 0.1) is 6.92 Å². The van der Waals surface area contributed by atoms with Crippen molar-refractivity contribution in [3.63, 3.8) is 0 Å². The van der Waals surface area contributed by atoms with Crippen LogP contribution in [0.25, 0.3) is 0 Å². The Labute approximate surface area is 138 Å². The first-order valence-corrected chi connectivity index (χ1v) is 8.21. The van der Waals surface area contributed by atoms with Gasteiger partial charge in [0, 0.05) is 17.9 Å². The van der Waals surface area contributed by atoms with Crippen LogP contribution in [0.2, 0.25) is 0 Å². The molecule has 5 heteroatoms. The number of thiocarbonyl (C=S) groups is 1. The highest BCUT2D eigenvalue weighted by atomic mass is 32.1. The minimum Gasteiger partial charge on any atom is -0.336 e. The van der Waals surface area contributed by atoms with Crippen molar-refractivity contribution in [3.8, 4) is 0 Å². The van der Waals surface area contributed by atoms with Crippen LogP contribution in [0.4, 0.5) is 11.4 Å². The summed E-state index contributed by atoms with van der Waals surface area (Å²) in [6, 6.07) is 5.93. The average Bonchev–Trinajstić information content (AvgIpc) is 2.63. The van der Waals surface area contributed by atoms with Crippen LogP contribution in [0.5, 0.6) is 0 Å². The van der Waals surface area contributed by atoms with E-state index in [-0.39, 0.29) is 5.91 Å². The molecule has 1 aliphatic rings. The maximum Gasteiger partial charge on any atom is 0.243 e. The van der Waals surface area contributed by atoms with Crippen LogP contribution < -0.4 is 16.0 Å². The molecule has 1 saturated heterocycles. The number of benzene rings is 1. The molecular weight excluding hydrogens is 294 g/mol. The van der Waals surface area contributed by atoms with Crippen molar-refractivity contribution in [2.75, 3.05) is 16.8 Å². The Bertz CT molecular complexity index is 578. The molecule has 22 heavy (non-hydrogen) atoms. The Balaban J connectivity index is 2.19. The smallest absolute Gasteiger partial charge is 0.243 e. The monoisotopic (exact) mass is 319 g/mol. The molecule has 1 heterocycles. The van der Waals surface area contributed by atoms with E-state index in [1.165, 1.54) is 19.3 Å². The third-order valence-electron chi connectivity index (χ3n) is 3.90. The molecular formula is C17H25N3OS. The SMILES string of the molecule is Cc1cc(NC(=O)C(C)(C)N)ccc1N1CCCCCC1=S. The summed E-state index contributed by atoms with van der Waals surface area (Å²) in [6.45, 7) is 6.41. The lowest BCUT2D eigenvalue weighted by Crippen LogP contribution is -2.45. The first-order chi connectivity index (χ1) is 10.3. The summed E-state index contributed by atoms with van der Waals surface area (Å²) < 4.78 is 0. The van der Waals surface area contributed by atoms with E-state index in [9.17, 15) is 4.79 Å². The summed E-state index contributed by atoms with van der Waals surface area (Å²) in [7, 11) is 0. The summed E-state index contributed by atoms with van der Waals surface area (Å²) in [6.07, 6.45) is 4.55. The average molecular weight is 319 g/mol. The van der Waals surface area contributed by atoms with E-state index in [1.807, 2.05) is 25.1 Å². The normalized spacial score (nSPS) is 16.4. The summed E-state index contributed by atoms with van der Waals surface area (Å²) in [5.74, 6) is -0.190. The number of carbonyl (C=O) groups excluding carboxylic acids is 1. The molecule has 4 nitrogen and oxygen atoms in total. The maximum absolute atomic E-state index is 12.0. The molecule has 0 aromatic heterocycles. The largest absolute Gasteiger partial charge is 0.336 e. The van der Waals surface area contributed by atoms with Crippen LogP contribution in [0.1, 0.15) is 45.1 Å². The van der Waals surface area contributed by atoms with Gasteiger partial charge in [-0.1, -0.05) is 18.6 Å². The number of nitrogens with two attached hydrogens (primary N) is 1. The van der Waals surface area contributed by atoms with Gasteiger partial charge in [0.15, 0.2) is 0 Å². The van der Waals surface area contributed by atoms with Gasteiger partial charge in [-0.25, -0.2) is 0 Å². The third kappa shape index (κ3) is 4.05. The molecule has 1 fully saturated rings. The Morgan fingerprint density at radius 3 is 2.68 bits per heavy atom. The fraction of sp³-hybridized carbons (Fsp3) is 0.529. The van der Waals surface area contributed by atoms with Crippen molar-refractivity contribution in [3.05, 3.63) is 23.8 Å². The van der Waals surface area contributed by atoms with Gasteiger partial charge in [0.1, 0.15) is 0 Å². The van der Waals surface area contributed by atoms with E-state index >= 15 is 0 Å². The molecule has 0 atom stereocenters. The number of aryl methyl sites for hydroxylation is 1. The molecule has 0 spiro atoms. The topological polar surface area (TPSA) is 58.4 Å². The van der Waals surface area contributed by atoms with E-state index < -0.39 is 5.54 Å². The standard InChI is InChI=1S/C17H25N3OS/c1-12-11-13(19-16(21)17(2,3)18)8-9-14(12)20-10-6-4-5-7-15(20)22/h8-9,11H,4-7,10,18H2,1-3H3,(H,19,21). The number of anilines is 2. The highest BCUT2D eigenvalue weighted by Crippen LogP contribution is 2.27. The van der Waals surface area contributed by atoms with E-state index in [0.717, 1.165) is 34.9 Å². The molecule has 0 radical (unpaired) electrons. The zero-order chi connectivity index (χ0) is 16.3. The Morgan fingerprint density at radius 1 is 1.32 bits per heavy atom. The number of rotatable bonds is 3. The summed E-state index contributed by atoms with van der Waals surface area (Å²) in [5.41, 5.74) is 7.93. The fourth-order valence-corrected chi connectivity index (χ4v) is 2.90. The molecule has 2 rings (SSSR count). The second kappa shape index (κ2) is 6.75. The van der Waals surface area contributed by atoms with Crippen LogP contribution in [-0.4, -0.2) is 23.0 Å². The van der Waals surface area contributed by atoms with E-state index in [0.29, 0.717) is 0 Å². The van der Waals surface area contributed by atoms with Crippen LogP contribution >= 0.6 is 12.2 Å². The lowest BCUT2D eigenvalue weighted by molar-refractivity contribution is -0.120. The molecule has 120 valence electrons. The minimum absolute atomic E-state index is 0.190. The van der Waals surface area contributed by atoms with Crippen molar-refractivity contribution < 1.29 is 4.79 Å². The van der Waals surface area contributed by atoms with Crippen LogP contribution in [0.15, 0.2) is 18.2 Å². The van der Waals surface area contributed by atoms with Crippen molar-refractivity contribution in [2.24, 2.45) is 5.73 Å². The summed E-state index contributed by atoms with van der Waals surface area (Å²) in [4.78, 5) is 15.2. The zero-order valence-corrected chi connectivity index (χ0v) is 14.4. The van der Waals surface area contributed by atoms with E-state index in [4.69, 9.17) is 18.0 Å². The minimum atomic E-state index is -0.890. The first-order valence-electron chi connectivity index (χ1n) is 7.80. The molecule has 1 amide bonds. The van der Waals surface area contributed by atoms with Crippen LogP contribution in [0.3, 0.4) is 0 Å². The number of carbonyl (C=O) groups is 1. The number of nitrogens with one attached hydrogen (secondary N) is 1. The van der Waals surface area contributed by atoms with Gasteiger partial charge in [-0.15, -0.1) is 0 Å². The molecule has 1 aromatic carbocycles. The summed E-state index contributed by atoms with van der Waals surface area (Å²) >= 11 is 5.55. The maximum atomic E-state index is 12.0. The Kier molecular flexibility index (Phi) is 5.19. The third-order valence-corrected chi connectivity index (χ3v) is 4.33. The lowest BCUT2D eigenvalue weighted by Gasteiger charge is -2.26. The molecule has 1 aromatic rings. The van der Waals surface area contributed by atoms with Crippen molar-refractivity contribution in [1.82, 2.24) is 0 Å². The summed E-state index contributed by atoms with van der Waals surface area (Å²) in [5, 5.41) is 2.86. The number of hydrogen-bond donors (Lipinski definition) is 2. The van der Waals surface area contributed by atoms with E-state index in [2.05, 4.69) is 10.2 Å². The zero-order valence-electron chi connectivity index (χ0n) is 13.6. The number of hydrogen-bond acceptors (Lipinski definition) is 3. The van der Waals surface area contributed by atoms with Crippen LogP contribution in [-0.2, 0) is 4.79 Å². The quantitative estimate of drug-likeness (QED) is 0.839.